The van der Waals surface area contributed by atoms with Gasteiger partial charge in [0, 0.05) is 12.4 Å². The Kier molecular flexibility index (Phi) is 11.0. The Morgan fingerprint density at radius 3 is 1.77 bits per heavy atom. The standard InChI is InChI=1S/C21H14F4N4O.2C2HF3O2/c22-14-8-2-1-7-13(14)19-27-17(16-10-4-6-12-29(16)19)20(30)28-18(21(23,24)25)15-9-3-5-11-26-15;2*3-2(4,5)1(6)7/h1-12,18H,(H,28,30);2*(H,6,7). The lowest BCUT2D eigenvalue weighted by molar-refractivity contribution is -0.193. The molecule has 44 heavy (non-hydrogen) atoms. The van der Waals surface area contributed by atoms with Gasteiger partial charge in [-0.05, 0) is 36.4 Å². The maximum absolute atomic E-state index is 14.3. The number of benzene rings is 1. The predicted octanol–water partition coefficient (Wildman–Crippen LogP) is 5.84. The number of amides is 1. The summed E-state index contributed by atoms with van der Waals surface area (Å²) in [5, 5.41) is 16.2. The summed E-state index contributed by atoms with van der Waals surface area (Å²) in [5.74, 6) is -7.02. The second-order valence-electron chi connectivity index (χ2n) is 8.03. The van der Waals surface area contributed by atoms with Gasteiger partial charge in [-0.15, -0.1) is 0 Å². The minimum atomic E-state index is -5.08. The zero-order valence-corrected chi connectivity index (χ0v) is 21.2. The fourth-order valence-electron chi connectivity index (χ4n) is 3.11. The van der Waals surface area contributed by atoms with Crippen LogP contribution in [0.1, 0.15) is 22.2 Å². The molecule has 0 saturated heterocycles. The summed E-state index contributed by atoms with van der Waals surface area (Å²) in [6, 6.07) is 12.3. The molecule has 3 heterocycles. The fraction of sp³-hybridized carbons (Fsp3) is 0.160. The number of rotatable bonds is 4. The highest BCUT2D eigenvalue weighted by molar-refractivity contribution is 6.00. The van der Waals surface area contributed by atoms with Crippen molar-refractivity contribution in [2.45, 2.75) is 24.6 Å². The van der Waals surface area contributed by atoms with Gasteiger partial charge in [-0.2, -0.15) is 39.5 Å². The molecular formula is C25H16F10N4O5. The van der Waals surface area contributed by atoms with Gasteiger partial charge in [0.25, 0.3) is 5.91 Å². The molecule has 1 atom stereocenters. The Balaban J connectivity index is 0.000000402. The molecule has 236 valence electrons. The Morgan fingerprint density at radius 1 is 0.773 bits per heavy atom. The van der Waals surface area contributed by atoms with Gasteiger partial charge in [0.05, 0.1) is 16.8 Å². The lowest BCUT2D eigenvalue weighted by Crippen LogP contribution is -2.38. The average Bonchev–Trinajstić information content (AvgIpc) is 3.31. The van der Waals surface area contributed by atoms with E-state index in [0.29, 0.717) is 0 Å². The highest BCUT2D eigenvalue weighted by Crippen LogP contribution is 2.32. The zero-order chi connectivity index (χ0) is 33.5. The van der Waals surface area contributed by atoms with Gasteiger partial charge in [-0.25, -0.2) is 19.0 Å². The monoisotopic (exact) mass is 642 g/mol. The van der Waals surface area contributed by atoms with Crippen molar-refractivity contribution in [2.75, 3.05) is 0 Å². The number of hydrogen-bond acceptors (Lipinski definition) is 5. The van der Waals surface area contributed by atoms with Crippen molar-refractivity contribution in [2.24, 2.45) is 0 Å². The van der Waals surface area contributed by atoms with Gasteiger partial charge in [0.1, 0.15) is 11.6 Å². The van der Waals surface area contributed by atoms with Crippen LogP contribution in [-0.4, -0.2) is 61.0 Å². The molecule has 0 fully saturated rings. The van der Waals surface area contributed by atoms with Crippen molar-refractivity contribution in [3.63, 3.8) is 0 Å². The molecule has 4 rings (SSSR count). The first-order valence-corrected chi connectivity index (χ1v) is 11.4. The van der Waals surface area contributed by atoms with Crippen LogP contribution in [0.15, 0.2) is 73.1 Å². The van der Waals surface area contributed by atoms with Crippen molar-refractivity contribution in [3.05, 3.63) is 90.3 Å². The van der Waals surface area contributed by atoms with Crippen LogP contribution in [0.2, 0.25) is 0 Å². The third kappa shape index (κ3) is 9.39. The van der Waals surface area contributed by atoms with Crippen LogP contribution in [0.3, 0.4) is 0 Å². The molecule has 1 unspecified atom stereocenters. The zero-order valence-electron chi connectivity index (χ0n) is 21.2. The normalized spacial score (nSPS) is 12.2. The number of pyridine rings is 2. The van der Waals surface area contributed by atoms with Gasteiger partial charge >= 0.3 is 30.5 Å². The topological polar surface area (TPSA) is 134 Å². The SMILES string of the molecule is O=C(NC(c1ccccn1)C(F)(F)F)c1nc(-c2ccccc2F)n2ccccc12.O=C(O)C(F)(F)F.O=C(O)C(F)(F)F. The summed E-state index contributed by atoms with van der Waals surface area (Å²) >= 11 is 0. The summed E-state index contributed by atoms with van der Waals surface area (Å²) in [6.07, 6.45) is -12.2. The lowest BCUT2D eigenvalue weighted by Gasteiger charge is -2.20. The Morgan fingerprint density at radius 2 is 1.30 bits per heavy atom. The van der Waals surface area contributed by atoms with Gasteiger partial charge in [0.15, 0.2) is 11.7 Å². The minimum Gasteiger partial charge on any atom is -0.475 e. The first kappa shape index (κ1) is 35.0. The number of aromatic nitrogens is 3. The third-order valence-corrected chi connectivity index (χ3v) is 4.95. The van der Waals surface area contributed by atoms with E-state index in [4.69, 9.17) is 19.8 Å². The molecule has 4 aromatic rings. The quantitative estimate of drug-likeness (QED) is 0.239. The maximum Gasteiger partial charge on any atom is 0.490 e. The van der Waals surface area contributed by atoms with Crippen molar-refractivity contribution >= 4 is 23.4 Å². The molecule has 19 heteroatoms. The number of carbonyl (C=O) groups is 3. The van der Waals surface area contributed by atoms with Crippen LogP contribution in [0.4, 0.5) is 43.9 Å². The van der Waals surface area contributed by atoms with E-state index in [1.54, 1.807) is 24.4 Å². The van der Waals surface area contributed by atoms with Crippen molar-refractivity contribution < 1.29 is 68.5 Å². The van der Waals surface area contributed by atoms with Crippen LogP contribution in [0.5, 0.6) is 0 Å². The highest BCUT2D eigenvalue weighted by atomic mass is 19.4. The third-order valence-electron chi connectivity index (χ3n) is 4.95. The van der Waals surface area contributed by atoms with E-state index in [0.717, 1.165) is 0 Å². The highest BCUT2D eigenvalue weighted by Gasteiger charge is 2.43. The van der Waals surface area contributed by atoms with E-state index < -0.39 is 48.2 Å². The van der Waals surface area contributed by atoms with Gasteiger partial charge in [-0.3, -0.25) is 14.2 Å². The summed E-state index contributed by atoms with van der Waals surface area (Å²) < 4.78 is 120. The second kappa shape index (κ2) is 13.8. The molecule has 0 aliphatic heterocycles. The number of halogens is 10. The van der Waals surface area contributed by atoms with E-state index in [1.165, 1.54) is 53.1 Å². The molecule has 9 nitrogen and oxygen atoms in total. The number of imidazole rings is 1. The molecule has 0 saturated carbocycles. The number of carboxylic acid groups (broad SMARTS) is 2. The minimum absolute atomic E-state index is 0.107. The summed E-state index contributed by atoms with van der Waals surface area (Å²) in [6.45, 7) is 0. The molecule has 1 aromatic carbocycles. The molecule has 0 aliphatic carbocycles. The molecule has 0 spiro atoms. The number of nitrogens with one attached hydrogen (secondary N) is 1. The Labute approximate surface area is 238 Å². The Bertz CT molecular complexity index is 1580. The van der Waals surface area contributed by atoms with Crippen molar-refractivity contribution in [3.8, 4) is 11.4 Å². The van der Waals surface area contributed by atoms with E-state index in [1.807, 2.05) is 5.32 Å². The maximum atomic E-state index is 14.3. The first-order valence-electron chi connectivity index (χ1n) is 11.4. The lowest BCUT2D eigenvalue weighted by atomic mass is 10.1. The van der Waals surface area contributed by atoms with Gasteiger partial charge < -0.3 is 15.5 Å². The number of carboxylic acids is 2. The summed E-state index contributed by atoms with van der Waals surface area (Å²) in [5.41, 5.74) is -0.236. The van der Waals surface area contributed by atoms with Crippen LogP contribution < -0.4 is 5.32 Å². The molecule has 0 bridgehead atoms. The van der Waals surface area contributed by atoms with Crippen molar-refractivity contribution in [1.29, 1.82) is 0 Å². The molecule has 3 N–H and O–H groups in total. The van der Waals surface area contributed by atoms with Crippen LogP contribution in [0, 0.1) is 5.82 Å². The second-order valence-corrected chi connectivity index (χ2v) is 8.03. The number of fused-ring (bicyclic) bond motifs is 1. The summed E-state index contributed by atoms with van der Waals surface area (Å²) in [7, 11) is 0. The van der Waals surface area contributed by atoms with Crippen LogP contribution >= 0.6 is 0 Å². The number of aliphatic carboxylic acids is 2. The number of nitrogens with zero attached hydrogens (tertiary/aromatic N) is 3. The smallest absolute Gasteiger partial charge is 0.475 e. The van der Waals surface area contributed by atoms with Gasteiger partial charge in [-0.1, -0.05) is 24.3 Å². The molecule has 0 radical (unpaired) electrons. The molecule has 1 amide bonds. The fourth-order valence-corrected chi connectivity index (χ4v) is 3.11. The van der Waals surface area contributed by atoms with E-state index in [-0.39, 0.29) is 28.3 Å². The number of carbonyl (C=O) groups excluding carboxylic acids is 1. The predicted molar refractivity (Wildman–Crippen MR) is 128 cm³/mol. The van der Waals surface area contributed by atoms with E-state index in [9.17, 15) is 48.7 Å². The van der Waals surface area contributed by atoms with E-state index >= 15 is 0 Å². The van der Waals surface area contributed by atoms with E-state index in [2.05, 4.69) is 9.97 Å². The molecule has 3 aromatic heterocycles. The van der Waals surface area contributed by atoms with Crippen LogP contribution in [0.25, 0.3) is 16.9 Å². The summed E-state index contributed by atoms with van der Waals surface area (Å²) in [4.78, 5) is 38.5. The Hall–Kier alpha value is -5.23. The molecule has 0 aliphatic rings. The average molecular weight is 642 g/mol. The van der Waals surface area contributed by atoms with Crippen LogP contribution in [-0.2, 0) is 9.59 Å². The van der Waals surface area contributed by atoms with Crippen molar-refractivity contribution in [1.82, 2.24) is 19.7 Å². The number of hydrogen-bond donors (Lipinski definition) is 3. The molecular weight excluding hydrogens is 626 g/mol. The largest absolute Gasteiger partial charge is 0.490 e. The van der Waals surface area contributed by atoms with Gasteiger partial charge in [0.2, 0.25) is 0 Å². The first-order chi connectivity index (χ1) is 20.2. The number of alkyl halides is 9.